The lowest BCUT2D eigenvalue weighted by Gasteiger charge is -2.05. The first-order chi connectivity index (χ1) is 9.49. The van der Waals surface area contributed by atoms with Gasteiger partial charge in [0, 0.05) is 19.0 Å². The second-order valence-electron chi connectivity index (χ2n) is 4.02. The number of rotatable bonds is 5. The highest BCUT2D eigenvalue weighted by Crippen LogP contribution is 2.19. The topological polar surface area (TPSA) is 68.0 Å². The first kappa shape index (κ1) is 14.4. The van der Waals surface area contributed by atoms with Crippen molar-refractivity contribution < 1.29 is 18.7 Å². The average Bonchev–Trinajstić information content (AvgIpc) is 2.73. The van der Waals surface area contributed by atoms with E-state index in [1.165, 1.54) is 22.8 Å². The molecule has 1 aromatic heterocycles. The summed E-state index contributed by atoms with van der Waals surface area (Å²) in [6.07, 6.45) is -0.0460. The fourth-order valence-corrected chi connectivity index (χ4v) is 2.26. The predicted octanol–water partition coefficient (Wildman–Crippen LogP) is 1.86. The van der Waals surface area contributed by atoms with E-state index >= 15 is 0 Å². The summed E-state index contributed by atoms with van der Waals surface area (Å²) in [5.41, 5.74) is -0.0854. The summed E-state index contributed by atoms with van der Waals surface area (Å²) in [6, 6.07) is 3.64. The number of halogens is 2. The zero-order valence-corrected chi connectivity index (χ0v) is 11.3. The Hall–Kier alpha value is -1.96. The first-order valence-electron chi connectivity index (χ1n) is 5.64. The third-order valence-corrected chi connectivity index (χ3v) is 3.65. The molecule has 8 heteroatoms. The average molecular weight is 299 g/mol. The van der Waals surface area contributed by atoms with E-state index in [0.29, 0.717) is 11.0 Å². The van der Waals surface area contributed by atoms with E-state index in [0.717, 1.165) is 11.8 Å². The van der Waals surface area contributed by atoms with Gasteiger partial charge in [0.05, 0.1) is 5.75 Å². The molecule has 2 rings (SSSR count). The quantitative estimate of drug-likeness (QED) is 0.854. The van der Waals surface area contributed by atoms with Crippen LogP contribution in [0.4, 0.5) is 8.78 Å². The molecule has 0 saturated carbocycles. The van der Waals surface area contributed by atoms with Crippen LogP contribution in [0, 0.1) is 11.6 Å². The molecule has 0 atom stereocenters. The molecular formula is C12H11F2N3O2S. The zero-order chi connectivity index (χ0) is 14.7. The Morgan fingerprint density at radius 1 is 1.35 bits per heavy atom. The number of hydrogen-bond acceptors (Lipinski definition) is 4. The van der Waals surface area contributed by atoms with Crippen LogP contribution in [0.2, 0.25) is 0 Å². The summed E-state index contributed by atoms with van der Waals surface area (Å²) in [7, 11) is 1.62. The van der Waals surface area contributed by atoms with Crippen molar-refractivity contribution in [3.8, 4) is 0 Å². The Morgan fingerprint density at radius 3 is 2.60 bits per heavy atom. The summed E-state index contributed by atoms with van der Waals surface area (Å²) < 4.78 is 28.6. The number of aromatic nitrogens is 3. The molecule has 0 unspecified atom stereocenters. The SMILES string of the molecule is Cn1c(Cc2c(F)cccc2F)nnc1SCC(=O)O. The molecule has 1 heterocycles. The van der Waals surface area contributed by atoms with Gasteiger partial charge in [0.1, 0.15) is 17.5 Å². The molecule has 0 aliphatic carbocycles. The van der Waals surface area contributed by atoms with Gasteiger partial charge in [-0.2, -0.15) is 0 Å². The molecule has 0 amide bonds. The van der Waals surface area contributed by atoms with Gasteiger partial charge in [-0.25, -0.2) is 8.78 Å². The second-order valence-corrected chi connectivity index (χ2v) is 4.96. The van der Waals surface area contributed by atoms with Gasteiger partial charge in [0.15, 0.2) is 5.16 Å². The van der Waals surface area contributed by atoms with E-state index in [2.05, 4.69) is 10.2 Å². The largest absolute Gasteiger partial charge is 0.481 e. The Bertz CT molecular complexity index is 625. The van der Waals surface area contributed by atoms with E-state index in [-0.39, 0.29) is 17.7 Å². The Morgan fingerprint density at radius 2 is 2.00 bits per heavy atom. The van der Waals surface area contributed by atoms with E-state index in [1.54, 1.807) is 7.05 Å². The maximum absolute atomic E-state index is 13.5. The second kappa shape index (κ2) is 6.00. The van der Waals surface area contributed by atoms with Gasteiger partial charge < -0.3 is 9.67 Å². The number of benzene rings is 1. The van der Waals surface area contributed by atoms with Gasteiger partial charge in [-0.3, -0.25) is 4.79 Å². The molecule has 5 nitrogen and oxygen atoms in total. The van der Waals surface area contributed by atoms with Crippen molar-refractivity contribution >= 4 is 17.7 Å². The molecule has 0 saturated heterocycles. The number of aliphatic carboxylic acids is 1. The minimum atomic E-state index is -0.973. The lowest BCUT2D eigenvalue weighted by Crippen LogP contribution is -2.05. The van der Waals surface area contributed by atoms with Gasteiger partial charge in [0.25, 0.3) is 0 Å². The number of carboxylic acids is 1. The Labute approximate surface area is 117 Å². The third-order valence-electron chi connectivity index (χ3n) is 2.65. The highest BCUT2D eigenvalue weighted by Gasteiger charge is 2.15. The Balaban J connectivity index is 2.20. The summed E-state index contributed by atoms with van der Waals surface area (Å²) >= 11 is 0.997. The minimum absolute atomic E-state index is 0.0460. The van der Waals surface area contributed by atoms with Gasteiger partial charge in [-0.05, 0) is 12.1 Å². The molecule has 106 valence electrons. The number of thioether (sulfide) groups is 1. The molecule has 0 aliphatic rings. The lowest BCUT2D eigenvalue weighted by atomic mass is 10.1. The van der Waals surface area contributed by atoms with Crippen LogP contribution in [-0.4, -0.2) is 31.6 Å². The molecule has 20 heavy (non-hydrogen) atoms. The van der Waals surface area contributed by atoms with Crippen LogP contribution in [0.15, 0.2) is 23.4 Å². The number of nitrogens with zero attached hydrogens (tertiary/aromatic N) is 3. The maximum Gasteiger partial charge on any atom is 0.313 e. The standard InChI is InChI=1S/C12H11F2N3O2S/c1-17-10(15-16-12(17)20-6-11(18)19)5-7-8(13)3-2-4-9(7)14/h2-4H,5-6H2,1H3,(H,18,19). The van der Waals surface area contributed by atoms with Crippen molar-refractivity contribution in [2.45, 2.75) is 11.6 Å². The van der Waals surface area contributed by atoms with Gasteiger partial charge in [-0.1, -0.05) is 17.8 Å². The van der Waals surface area contributed by atoms with Crippen LogP contribution >= 0.6 is 11.8 Å². The van der Waals surface area contributed by atoms with Crippen LogP contribution in [0.5, 0.6) is 0 Å². The van der Waals surface area contributed by atoms with Crippen LogP contribution in [0.3, 0.4) is 0 Å². The maximum atomic E-state index is 13.5. The van der Waals surface area contributed by atoms with Crippen molar-refractivity contribution in [3.05, 3.63) is 41.2 Å². The van der Waals surface area contributed by atoms with E-state index in [9.17, 15) is 13.6 Å². The fraction of sp³-hybridized carbons (Fsp3) is 0.250. The fourth-order valence-electron chi connectivity index (χ4n) is 1.61. The smallest absolute Gasteiger partial charge is 0.313 e. The third kappa shape index (κ3) is 3.13. The molecular weight excluding hydrogens is 288 g/mol. The van der Waals surface area contributed by atoms with Gasteiger partial charge in [0.2, 0.25) is 0 Å². The molecule has 0 spiro atoms. The minimum Gasteiger partial charge on any atom is -0.481 e. The molecule has 2 aromatic rings. The Kier molecular flexibility index (Phi) is 4.33. The molecule has 0 radical (unpaired) electrons. The molecule has 0 aliphatic heterocycles. The van der Waals surface area contributed by atoms with Crippen molar-refractivity contribution in [2.75, 3.05) is 5.75 Å². The summed E-state index contributed by atoms with van der Waals surface area (Å²) in [5, 5.41) is 16.6. The van der Waals surface area contributed by atoms with Crippen LogP contribution in [-0.2, 0) is 18.3 Å². The van der Waals surface area contributed by atoms with E-state index in [1.807, 2.05) is 0 Å². The molecule has 1 N–H and O–H groups in total. The number of hydrogen-bond donors (Lipinski definition) is 1. The van der Waals surface area contributed by atoms with Crippen LogP contribution in [0.25, 0.3) is 0 Å². The van der Waals surface area contributed by atoms with Crippen molar-refractivity contribution in [3.63, 3.8) is 0 Å². The highest BCUT2D eigenvalue weighted by molar-refractivity contribution is 7.99. The van der Waals surface area contributed by atoms with E-state index < -0.39 is 17.6 Å². The number of carboxylic acid groups (broad SMARTS) is 1. The monoisotopic (exact) mass is 299 g/mol. The lowest BCUT2D eigenvalue weighted by molar-refractivity contribution is -0.133. The number of carbonyl (C=O) groups is 1. The summed E-state index contributed by atoms with van der Waals surface area (Å²) in [6.45, 7) is 0. The van der Waals surface area contributed by atoms with Crippen molar-refractivity contribution in [2.24, 2.45) is 7.05 Å². The van der Waals surface area contributed by atoms with E-state index in [4.69, 9.17) is 5.11 Å². The molecule has 1 aromatic carbocycles. The van der Waals surface area contributed by atoms with Gasteiger partial charge >= 0.3 is 5.97 Å². The van der Waals surface area contributed by atoms with Crippen LogP contribution < -0.4 is 0 Å². The van der Waals surface area contributed by atoms with Gasteiger partial charge in [-0.15, -0.1) is 10.2 Å². The predicted molar refractivity (Wildman–Crippen MR) is 68.5 cm³/mol. The summed E-state index contributed by atoms with van der Waals surface area (Å²) in [5.74, 6) is -2.05. The first-order valence-corrected chi connectivity index (χ1v) is 6.63. The normalized spacial score (nSPS) is 10.8. The highest BCUT2D eigenvalue weighted by atomic mass is 32.2. The summed E-state index contributed by atoms with van der Waals surface area (Å²) in [4.78, 5) is 10.5. The molecule has 0 fully saturated rings. The van der Waals surface area contributed by atoms with Crippen molar-refractivity contribution in [1.29, 1.82) is 0 Å². The zero-order valence-electron chi connectivity index (χ0n) is 10.5. The van der Waals surface area contributed by atoms with Crippen LogP contribution in [0.1, 0.15) is 11.4 Å². The molecule has 0 bridgehead atoms. The van der Waals surface area contributed by atoms with Crippen molar-refractivity contribution in [1.82, 2.24) is 14.8 Å².